The first-order chi connectivity index (χ1) is 17.5. The summed E-state index contributed by atoms with van der Waals surface area (Å²) in [4.78, 5) is 35.2. The van der Waals surface area contributed by atoms with Crippen molar-refractivity contribution in [1.82, 2.24) is 9.97 Å². The summed E-state index contributed by atoms with van der Waals surface area (Å²) in [5, 5.41) is 10.1. The van der Waals surface area contributed by atoms with E-state index in [1.807, 2.05) is 12.1 Å². The van der Waals surface area contributed by atoms with E-state index in [2.05, 4.69) is 22.1 Å². The summed E-state index contributed by atoms with van der Waals surface area (Å²) in [5.41, 5.74) is 8.55. The van der Waals surface area contributed by atoms with Crippen molar-refractivity contribution in [2.45, 2.75) is 80.5 Å². The van der Waals surface area contributed by atoms with Gasteiger partial charge in [-0.3, -0.25) is 9.59 Å². The molecule has 0 saturated heterocycles. The Morgan fingerprint density at radius 1 is 1.06 bits per heavy atom. The number of aromatic nitrogens is 2. The average molecular weight is 511 g/mol. The minimum absolute atomic E-state index is 0.171. The Kier molecular flexibility index (Phi) is 7.65. The highest BCUT2D eigenvalue weighted by molar-refractivity contribution is 7.99. The van der Waals surface area contributed by atoms with Crippen LogP contribution in [0.15, 0.2) is 29.4 Å². The first-order valence-electron chi connectivity index (χ1n) is 13.1. The number of thioether (sulfide) groups is 1. The van der Waals surface area contributed by atoms with Crippen LogP contribution in [0.3, 0.4) is 0 Å². The number of fused-ring (bicyclic) bond motifs is 1. The lowest BCUT2D eigenvalue weighted by molar-refractivity contribution is -0.138. The van der Waals surface area contributed by atoms with Gasteiger partial charge in [0.1, 0.15) is 18.0 Å². The largest absolute Gasteiger partial charge is 0.481 e. The van der Waals surface area contributed by atoms with E-state index >= 15 is 0 Å². The molecule has 0 atom stereocenters. The van der Waals surface area contributed by atoms with Crippen LogP contribution >= 0.6 is 11.8 Å². The first kappa shape index (κ1) is 24.9. The van der Waals surface area contributed by atoms with Gasteiger partial charge in [-0.2, -0.15) is 4.98 Å². The summed E-state index contributed by atoms with van der Waals surface area (Å²) in [7, 11) is 0. The number of carboxylic acid groups (broad SMARTS) is 1. The van der Waals surface area contributed by atoms with Crippen molar-refractivity contribution in [3.05, 3.63) is 35.4 Å². The predicted octanol–water partition coefficient (Wildman–Crippen LogP) is 5.27. The number of amides is 1. The van der Waals surface area contributed by atoms with E-state index in [1.165, 1.54) is 24.8 Å². The summed E-state index contributed by atoms with van der Waals surface area (Å²) in [5.74, 6) is 0.212. The Balaban J connectivity index is 1.28. The maximum Gasteiger partial charge on any atom is 0.303 e. The van der Waals surface area contributed by atoms with Crippen LogP contribution in [-0.4, -0.2) is 45.4 Å². The normalized spacial score (nSPS) is 23.0. The number of aliphatic carboxylic acids is 1. The summed E-state index contributed by atoms with van der Waals surface area (Å²) < 4.78 is 5.89. The Bertz CT molecular complexity index is 1100. The molecule has 9 heteroatoms. The lowest BCUT2D eigenvalue weighted by Crippen LogP contribution is -2.32. The topological polar surface area (TPSA) is 119 Å². The molecule has 2 aliphatic carbocycles. The number of nitrogens with two attached hydrogens (primary N) is 1. The van der Waals surface area contributed by atoms with E-state index in [9.17, 15) is 9.59 Å². The monoisotopic (exact) mass is 510 g/mol. The molecule has 0 radical (unpaired) electrons. The van der Waals surface area contributed by atoms with Crippen molar-refractivity contribution in [3.63, 3.8) is 0 Å². The van der Waals surface area contributed by atoms with E-state index in [0.29, 0.717) is 29.5 Å². The fourth-order valence-electron chi connectivity index (χ4n) is 5.72. The van der Waals surface area contributed by atoms with Gasteiger partial charge in [0, 0.05) is 17.4 Å². The molecule has 2 fully saturated rings. The van der Waals surface area contributed by atoms with Gasteiger partial charge in [-0.1, -0.05) is 43.2 Å². The molecular weight excluding hydrogens is 476 g/mol. The molecule has 2 heterocycles. The number of hydrogen-bond donors (Lipinski definition) is 2. The highest BCUT2D eigenvalue weighted by Crippen LogP contribution is 2.38. The van der Waals surface area contributed by atoms with Gasteiger partial charge in [0.2, 0.25) is 5.88 Å². The van der Waals surface area contributed by atoms with E-state index < -0.39 is 5.97 Å². The van der Waals surface area contributed by atoms with Gasteiger partial charge in [0.25, 0.3) is 5.91 Å². The molecule has 3 aliphatic rings. The number of nitrogens with zero attached hydrogens (tertiary/aromatic N) is 3. The van der Waals surface area contributed by atoms with Gasteiger partial charge in [-0.15, -0.1) is 0 Å². The second-order valence-corrected chi connectivity index (χ2v) is 11.4. The lowest BCUT2D eigenvalue weighted by atomic mass is 9.77. The molecule has 1 aromatic carbocycles. The number of carboxylic acids is 1. The van der Waals surface area contributed by atoms with Crippen molar-refractivity contribution < 1.29 is 19.4 Å². The molecule has 192 valence electrons. The van der Waals surface area contributed by atoms with E-state index in [-0.39, 0.29) is 35.5 Å². The zero-order valence-corrected chi connectivity index (χ0v) is 21.3. The molecule has 36 heavy (non-hydrogen) atoms. The Morgan fingerprint density at radius 2 is 1.78 bits per heavy atom. The third kappa shape index (κ3) is 5.61. The quantitative estimate of drug-likeness (QED) is 0.505. The number of benzene rings is 1. The Labute approximate surface area is 216 Å². The van der Waals surface area contributed by atoms with Crippen LogP contribution in [0.4, 0.5) is 11.5 Å². The number of anilines is 2. The van der Waals surface area contributed by atoms with Gasteiger partial charge < -0.3 is 20.5 Å². The standard InChI is InChI=1S/C27H34N4O4S/c28-24-23-25(30-27(29-24)36-21-4-2-1-3-5-21)35-15-14-31(26(23)34)20-12-10-19(11-13-20)18-8-6-17(7-9-18)16-22(32)33/h10-13,17-18,21H,1-9,14-16H2,(H,32,33)(H2,28,29,30). The number of nitrogen functional groups attached to an aromatic ring is 1. The number of carbonyl (C=O) groups is 2. The first-order valence-corrected chi connectivity index (χ1v) is 14.0. The molecule has 0 spiro atoms. The van der Waals surface area contributed by atoms with Crippen molar-refractivity contribution in [2.24, 2.45) is 5.92 Å². The molecule has 1 amide bonds. The van der Waals surface area contributed by atoms with Crippen LogP contribution in [0, 0.1) is 5.92 Å². The summed E-state index contributed by atoms with van der Waals surface area (Å²) in [6.45, 7) is 0.734. The number of ether oxygens (including phenoxy) is 1. The number of rotatable bonds is 6. The van der Waals surface area contributed by atoms with Gasteiger partial charge in [0.15, 0.2) is 5.16 Å². The summed E-state index contributed by atoms with van der Waals surface area (Å²) >= 11 is 1.64. The van der Waals surface area contributed by atoms with Crippen LogP contribution in [0.1, 0.15) is 86.0 Å². The number of carbonyl (C=O) groups excluding carboxylic acids is 1. The molecule has 0 bridgehead atoms. The van der Waals surface area contributed by atoms with Crippen molar-refractivity contribution in [2.75, 3.05) is 23.8 Å². The van der Waals surface area contributed by atoms with Crippen molar-refractivity contribution in [1.29, 1.82) is 0 Å². The minimum atomic E-state index is -0.708. The zero-order valence-electron chi connectivity index (χ0n) is 20.5. The highest BCUT2D eigenvalue weighted by Gasteiger charge is 2.31. The minimum Gasteiger partial charge on any atom is -0.481 e. The van der Waals surface area contributed by atoms with Crippen LogP contribution in [-0.2, 0) is 4.79 Å². The summed E-state index contributed by atoms with van der Waals surface area (Å²) in [6, 6.07) is 8.13. The average Bonchev–Trinajstić information content (AvgIpc) is 3.04. The number of hydrogen-bond acceptors (Lipinski definition) is 7. The molecule has 1 aromatic heterocycles. The molecular formula is C27H34N4O4S. The van der Waals surface area contributed by atoms with E-state index in [0.717, 1.165) is 44.2 Å². The molecule has 2 saturated carbocycles. The van der Waals surface area contributed by atoms with Gasteiger partial charge in [-0.25, -0.2) is 4.98 Å². The van der Waals surface area contributed by atoms with E-state index in [1.54, 1.807) is 16.7 Å². The maximum absolute atomic E-state index is 13.5. The molecule has 1 aliphatic heterocycles. The van der Waals surface area contributed by atoms with Gasteiger partial charge in [-0.05, 0) is 68.1 Å². The second-order valence-electron chi connectivity index (χ2n) is 10.2. The zero-order chi connectivity index (χ0) is 25.1. The maximum atomic E-state index is 13.5. The third-order valence-electron chi connectivity index (χ3n) is 7.71. The molecule has 5 rings (SSSR count). The van der Waals surface area contributed by atoms with Crippen LogP contribution in [0.5, 0.6) is 5.88 Å². The smallest absolute Gasteiger partial charge is 0.303 e. The molecule has 8 nitrogen and oxygen atoms in total. The molecule has 0 unspecified atom stereocenters. The fraction of sp³-hybridized carbons (Fsp3) is 0.556. The Hall–Kier alpha value is -2.81. The summed E-state index contributed by atoms with van der Waals surface area (Å²) in [6.07, 6.45) is 10.2. The van der Waals surface area contributed by atoms with Crippen LogP contribution < -0.4 is 15.4 Å². The second kappa shape index (κ2) is 11.1. The Morgan fingerprint density at radius 3 is 2.47 bits per heavy atom. The highest BCUT2D eigenvalue weighted by atomic mass is 32.2. The molecule has 3 N–H and O–H groups in total. The van der Waals surface area contributed by atoms with Crippen LogP contribution in [0.25, 0.3) is 0 Å². The van der Waals surface area contributed by atoms with E-state index in [4.69, 9.17) is 15.6 Å². The third-order valence-corrected chi connectivity index (χ3v) is 8.90. The predicted molar refractivity (Wildman–Crippen MR) is 140 cm³/mol. The lowest BCUT2D eigenvalue weighted by Gasteiger charge is -2.28. The van der Waals surface area contributed by atoms with Crippen molar-refractivity contribution in [3.8, 4) is 5.88 Å². The van der Waals surface area contributed by atoms with Gasteiger partial charge >= 0.3 is 5.97 Å². The van der Waals surface area contributed by atoms with Crippen LogP contribution in [0.2, 0.25) is 0 Å². The van der Waals surface area contributed by atoms with Crippen molar-refractivity contribution >= 4 is 35.1 Å². The SMILES string of the molecule is Nc1nc(SC2CCCCC2)nc2c1C(=O)N(c1ccc(C3CCC(CC(=O)O)CC3)cc1)CCO2. The fourth-order valence-corrected chi connectivity index (χ4v) is 6.87. The van der Waals surface area contributed by atoms with Gasteiger partial charge in [0.05, 0.1) is 6.54 Å². The molecule has 2 aromatic rings.